The van der Waals surface area contributed by atoms with E-state index in [1.165, 1.54) is 23.3 Å². The third kappa shape index (κ3) is 2.53. The molecule has 1 aliphatic carbocycles. The second kappa shape index (κ2) is 6.06. The topological polar surface area (TPSA) is 55.0 Å². The van der Waals surface area contributed by atoms with Crippen molar-refractivity contribution in [2.75, 3.05) is 7.11 Å². The van der Waals surface area contributed by atoms with Crippen molar-refractivity contribution in [2.24, 2.45) is 0 Å². The first-order chi connectivity index (χ1) is 11.7. The van der Waals surface area contributed by atoms with Crippen LogP contribution in [0.3, 0.4) is 0 Å². The number of nitrogens with zero attached hydrogens (tertiary/aromatic N) is 1. The van der Waals surface area contributed by atoms with Gasteiger partial charge in [-0.1, -0.05) is 6.42 Å². The number of nitrogens with one attached hydrogen (secondary N) is 1. The van der Waals surface area contributed by atoms with Crippen molar-refractivity contribution in [1.29, 1.82) is 0 Å². The largest absolute Gasteiger partial charge is 0.497 e. The van der Waals surface area contributed by atoms with Gasteiger partial charge in [0.2, 0.25) is 0 Å². The summed E-state index contributed by atoms with van der Waals surface area (Å²) in [6, 6.07) is 5.82. The van der Waals surface area contributed by atoms with Gasteiger partial charge in [0.25, 0.3) is 5.56 Å². The van der Waals surface area contributed by atoms with Gasteiger partial charge < -0.3 is 9.72 Å². The van der Waals surface area contributed by atoms with Gasteiger partial charge >= 0.3 is 0 Å². The number of aryl methyl sites for hydroxylation is 3. The third-order valence-electron chi connectivity index (χ3n) is 4.76. The summed E-state index contributed by atoms with van der Waals surface area (Å²) in [7, 11) is 1.65. The first-order valence-corrected chi connectivity index (χ1v) is 9.18. The normalized spacial score (nSPS) is 14.4. The molecule has 0 spiro atoms. The predicted molar refractivity (Wildman–Crippen MR) is 98.2 cm³/mol. The zero-order chi connectivity index (χ0) is 16.7. The molecule has 0 atom stereocenters. The van der Waals surface area contributed by atoms with Crippen LogP contribution in [0.2, 0.25) is 0 Å². The van der Waals surface area contributed by atoms with E-state index in [2.05, 4.69) is 4.98 Å². The van der Waals surface area contributed by atoms with Crippen LogP contribution in [0.1, 0.15) is 35.3 Å². The maximum absolute atomic E-state index is 12.7. The van der Waals surface area contributed by atoms with Gasteiger partial charge in [-0.15, -0.1) is 11.3 Å². The van der Waals surface area contributed by atoms with Crippen molar-refractivity contribution < 1.29 is 4.74 Å². The van der Waals surface area contributed by atoms with Gasteiger partial charge in [0.05, 0.1) is 12.5 Å². The van der Waals surface area contributed by atoms with Gasteiger partial charge in [-0.05, 0) is 61.9 Å². The molecule has 0 unspecified atom stereocenters. The lowest BCUT2D eigenvalue weighted by atomic mass is 10.1. The lowest BCUT2D eigenvalue weighted by Crippen LogP contribution is -2.10. The molecule has 0 saturated carbocycles. The molecule has 1 aliphatic rings. The first kappa shape index (κ1) is 15.4. The number of ether oxygens (including phenoxy) is 1. The van der Waals surface area contributed by atoms with Gasteiger partial charge in [-0.25, -0.2) is 4.98 Å². The number of thiophene rings is 1. The molecule has 2 aromatic heterocycles. The fourth-order valence-electron chi connectivity index (χ4n) is 3.50. The molecule has 0 fully saturated rings. The second-order valence-electron chi connectivity index (χ2n) is 6.34. The van der Waals surface area contributed by atoms with E-state index >= 15 is 0 Å². The molecule has 0 bridgehead atoms. The number of H-pyrrole nitrogens is 1. The number of benzene rings is 1. The highest BCUT2D eigenvalue weighted by Crippen LogP contribution is 2.34. The number of hydrogen-bond donors (Lipinski definition) is 1. The van der Waals surface area contributed by atoms with Gasteiger partial charge in [0.15, 0.2) is 0 Å². The van der Waals surface area contributed by atoms with Crippen molar-refractivity contribution in [1.82, 2.24) is 9.97 Å². The molecule has 1 N–H and O–H groups in total. The predicted octanol–water partition coefficient (Wildman–Crippen LogP) is 4.24. The molecule has 124 valence electrons. The molecule has 0 aliphatic heterocycles. The highest BCUT2D eigenvalue weighted by atomic mass is 32.1. The molecular formula is C19H20N2O2S. The quantitative estimate of drug-likeness (QED) is 0.710. The lowest BCUT2D eigenvalue weighted by molar-refractivity contribution is 0.414. The average Bonchev–Trinajstić information content (AvgIpc) is 2.77. The summed E-state index contributed by atoms with van der Waals surface area (Å²) in [5, 5.41) is 0.812. The summed E-state index contributed by atoms with van der Waals surface area (Å²) in [4.78, 5) is 22.7. The highest BCUT2D eigenvalue weighted by Gasteiger charge is 2.19. The zero-order valence-corrected chi connectivity index (χ0v) is 14.8. The van der Waals surface area contributed by atoms with E-state index in [9.17, 15) is 4.79 Å². The highest BCUT2D eigenvalue weighted by molar-refractivity contribution is 7.18. The molecule has 0 radical (unpaired) electrons. The SMILES string of the molecule is COc1ccc(-c2nc3sc4c(c3c(=O)[nH]2)CCCCC4)c(C)c1. The van der Waals surface area contributed by atoms with Crippen LogP contribution in [0.5, 0.6) is 5.75 Å². The van der Waals surface area contributed by atoms with Crippen LogP contribution in [0.15, 0.2) is 23.0 Å². The van der Waals surface area contributed by atoms with Crippen LogP contribution in [-0.4, -0.2) is 17.1 Å². The second-order valence-corrected chi connectivity index (χ2v) is 7.42. The van der Waals surface area contributed by atoms with Crippen LogP contribution in [0.4, 0.5) is 0 Å². The molecule has 0 saturated heterocycles. The Kier molecular flexibility index (Phi) is 3.88. The fourth-order valence-corrected chi connectivity index (χ4v) is 4.76. The Hall–Kier alpha value is -2.14. The van der Waals surface area contributed by atoms with Crippen molar-refractivity contribution in [2.45, 2.75) is 39.0 Å². The summed E-state index contributed by atoms with van der Waals surface area (Å²) in [6.45, 7) is 2.01. The Labute approximate surface area is 144 Å². The fraction of sp³-hybridized carbons (Fsp3) is 0.368. The van der Waals surface area contributed by atoms with Crippen molar-refractivity contribution in [3.63, 3.8) is 0 Å². The molecule has 5 heteroatoms. The molecule has 1 aromatic carbocycles. The Morgan fingerprint density at radius 1 is 1.21 bits per heavy atom. The minimum atomic E-state index is -0.00961. The minimum Gasteiger partial charge on any atom is -0.497 e. The summed E-state index contributed by atoms with van der Waals surface area (Å²) in [5.74, 6) is 1.45. The molecule has 4 rings (SSSR count). The molecular weight excluding hydrogens is 320 g/mol. The summed E-state index contributed by atoms with van der Waals surface area (Å²) in [5.41, 5.74) is 3.21. The number of methoxy groups -OCH3 is 1. The van der Waals surface area contributed by atoms with Crippen molar-refractivity contribution >= 4 is 21.6 Å². The van der Waals surface area contributed by atoms with E-state index < -0.39 is 0 Å². The minimum absolute atomic E-state index is 0.00961. The van der Waals surface area contributed by atoms with E-state index in [0.717, 1.165) is 46.4 Å². The van der Waals surface area contributed by atoms with E-state index in [-0.39, 0.29) is 5.56 Å². The van der Waals surface area contributed by atoms with E-state index in [1.807, 2.05) is 25.1 Å². The standard InChI is InChI=1S/C19H20N2O2S/c1-11-10-12(23-2)8-9-13(11)17-20-18(22)16-14-6-4-3-5-7-15(14)24-19(16)21-17/h8-10H,3-7H2,1-2H3,(H,20,21,22). The average molecular weight is 340 g/mol. The van der Waals surface area contributed by atoms with Crippen LogP contribution in [-0.2, 0) is 12.8 Å². The Balaban J connectivity index is 1.88. The number of fused-ring (bicyclic) bond motifs is 3. The van der Waals surface area contributed by atoms with Gasteiger partial charge in [0, 0.05) is 10.4 Å². The lowest BCUT2D eigenvalue weighted by Gasteiger charge is -2.07. The van der Waals surface area contributed by atoms with Crippen molar-refractivity contribution in [3.05, 3.63) is 44.6 Å². The van der Waals surface area contributed by atoms with Crippen molar-refractivity contribution in [3.8, 4) is 17.1 Å². The monoisotopic (exact) mass is 340 g/mol. The summed E-state index contributed by atoms with van der Waals surface area (Å²) in [6.07, 6.45) is 5.70. The Bertz CT molecular complexity index is 971. The molecule has 3 aromatic rings. The Morgan fingerprint density at radius 2 is 2.04 bits per heavy atom. The maximum atomic E-state index is 12.7. The zero-order valence-electron chi connectivity index (χ0n) is 13.9. The van der Waals surface area contributed by atoms with E-state index in [1.54, 1.807) is 18.4 Å². The van der Waals surface area contributed by atoms with Gasteiger partial charge in [-0.2, -0.15) is 0 Å². The number of aromatic amines is 1. The van der Waals surface area contributed by atoms with Crippen LogP contribution < -0.4 is 10.3 Å². The van der Waals surface area contributed by atoms with Crippen LogP contribution in [0.25, 0.3) is 21.6 Å². The first-order valence-electron chi connectivity index (χ1n) is 8.37. The summed E-state index contributed by atoms with van der Waals surface area (Å²) < 4.78 is 5.26. The molecule has 4 nitrogen and oxygen atoms in total. The summed E-state index contributed by atoms with van der Waals surface area (Å²) >= 11 is 1.69. The van der Waals surface area contributed by atoms with E-state index in [0.29, 0.717) is 5.82 Å². The Morgan fingerprint density at radius 3 is 2.83 bits per heavy atom. The number of hydrogen-bond acceptors (Lipinski definition) is 4. The number of aromatic nitrogens is 2. The molecule has 24 heavy (non-hydrogen) atoms. The van der Waals surface area contributed by atoms with Crippen LogP contribution >= 0.6 is 11.3 Å². The van der Waals surface area contributed by atoms with Crippen LogP contribution in [0, 0.1) is 6.92 Å². The number of rotatable bonds is 2. The molecule has 0 amide bonds. The third-order valence-corrected chi connectivity index (χ3v) is 5.95. The smallest absolute Gasteiger partial charge is 0.260 e. The maximum Gasteiger partial charge on any atom is 0.260 e. The van der Waals surface area contributed by atoms with E-state index in [4.69, 9.17) is 9.72 Å². The molecule has 2 heterocycles. The van der Waals surface area contributed by atoms with Gasteiger partial charge in [0.1, 0.15) is 16.4 Å². The van der Waals surface area contributed by atoms with Gasteiger partial charge in [-0.3, -0.25) is 4.79 Å².